The van der Waals surface area contributed by atoms with E-state index in [4.69, 9.17) is 0 Å². The highest BCUT2D eigenvalue weighted by Crippen LogP contribution is 1.96. The lowest BCUT2D eigenvalue weighted by Gasteiger charge is -2.29. The van der Waals surface area contributed by atoms with Crippen LogP contribution in [0.15, 0.2) is 0 Å². The van der Waals surface area contributed by atoms with Gasteiger partial charge in [-0.25, -0.2) is 0 Å². The Morgan fingerprint density at radius 2 is 1.69 bits per heavy atom. The first-order valence-corrected chi connectivity index (χ1v) is 6.00. The van der Waals surface area contributed by atoms with Crippen molar-refractivity contribution in [2.45, 2.75) is 13.8 Å². The lowest BCUT2D eigenvalue weighted by Crippen LogP contribution is -2.45. The van der Waals surface area contributed by atoms with Crippen LogP contribution in [0.25, 0.3) is 0 Å². The average molecular weight is 230 g/mol. The minimum Gasteiger partial charge on any atom is -0.336 e. The summed E-state index contributed by atoms with van der Waals surface area (Å²) in [5.74, 6) is 0.179. The van der Waals surface area contributed by atoms with Crippen LogP contribution in [-0.4, -0.2) is 81.1 Å². The van der Waals surface area contributed by atoms with Crippen molar-refractivity contribution in [2.24, 2.45) is 0 Å². The number of rotatable bonds is 7. The van der Waals surface area contributed by atoms with Gasteiger partial charge in [0.2, 0.25) is 5.91 Å². The van der Waals surface area contributed by atoms with E-state index < -0.39 is 0 Å². The highest BCUT2D eigenvalue weighted by Gasteiger charge is 2.14. The Morgan fingerprint density at radius 1 is 1.12 bits per heavy atom. The second-order valence-corrected chi connectivity index (χ2v) is 5.42. The lowest BCUT2D eigenvalue weighted by molar-refractivity contribution is -0.869. The molecule has 16 heavy (non-hydrogen) atoms. The Hall–Kier alpha value is -0.610. The second kappa shape index (κ2) is 6.86. The van der Waals surface area contributed by atoms with Crippen molar-refractivity contribution >= 4 is 5.91 Å². The van der Waals surface area contributed by atoms with E-state index in [0.29, 0.717) is 0 Å². The fourth-order valence-corrected chi connectivity index (χ4v) is 1.30. The van der Waals surface area contributed by atoms with Crippen LogP contribution >= 0.6 is 0 Å². The Balaban J connectivity index is 4.04. The van der Waals surface area contributed by atoms with Gasteiger partial charge in [-0.1, -0.05) is 6.92 Å². The number of hydrogen-bond donors (Lipinski definition) is 0. The summed E-state index contributed by atoms with van der Waals surface area (Å²) >= 11 is 0. The molecule has 0 atom stereocenters. The van der Waals surface area contributed by atoms with E-state index >= 15 is 0 Å². The van der Waals surface area contributed by atoms with Crippen molar-refractivity contribution in [3.63, 3.8) is 0 Å². The van der Waals surface area contributed by atoms with Gasteiger partial charge in [0.25, 0.3) is 0 Å². The molecule has 0 spiro atoms. The highest BCUT2D eigenvalue weighted by molar-refractivity contribution is 5.73. The molecule has 0 aliphatic carbocycles. The van der Waals surface area contributed by atoms with Crippen molar-refractivity contribution in [1.29, 1.82) is 0 Å². The summed E-state index contributed by atoms with van der Waals surface area (Å²) in [5, 5.41) is 0. The van der Waals surface area contributed by atoms with Gasteiger partial charge in [0.05, 0.1) is 34.2 Å². The summed E-state index contributed by atoms with van der Waals surface area (Å²) in [6.45, 7) is 8.44. The molecular formula is C12H28N3O+. The molecule has 1 amide bonds. The summed E-state index contributed by atoms with van der Waals surface area (Å²) < 4.78 is 0.896. The lowest BCUT2D eigenvalue weighted by atomic mass is 10.4. The molecule has 0 aromatic carbocycles. The number of carbonyl (C=O) groups is 1. The number of carbonyl (C=O) groups excluding carboxylic acids is 1. The van der Waals surface area contributed by atoms with Gasteiger partial charge >= 0.3 is 0 Å². The summed E-state index contributed by atoms with van der Waals surface area (Å²) in [4.78, 5) is 15.6. The average Bonchev–Trinajstić information content (AvgIpc) is 2.14. The summed E-state index contributed by atoms with van der Waals surface area (Å²) in [6.07, 6.45) is 0. The Labute approximate surface area is 100 Å². The SMILES string of the molecule is CCN(C)CCN(CC[N+](C)(C)C)C(C)=O. The quantitative estimate of drug-likeness (QED) is 0.594. The third-order valence-electron chi connectivity index (χ3n) is 2.78. The zero-order valence-corrected chi connectivity index (χ0v) is 11.8. The molecule has 4 nitrogen and oxygen atoms in total. The maximum atomic E-state index is 11.5. The van der Waals surface area contributed by atoms with Crippen LogP contribution in [0, 0.1) is 0 Å². The molecule has 4 heteroatoms. The summed E-state index contributed by atoms with van der Waals surface area (Å²) in [7, 11) is 8.53. The molecular weight excluding hydrogens is 202 g/mol. The monoisotopic (exact) mass is 230 g/mol. The zero-order chi connectivity index (χ0) is 12.8. The zero-order valence-electron chi connectivity index (χ0n) is 11.8. The topological polar surface area (TPSA) is 23.6 Å². The Kier molecular flexibility index (Phi) is 6.60. The van der Waals surface area contributed by atoms with Crippen LogP contribution in [0.1, 0.15) is 13.8 Å². The van der Waals surface area contributed by atoms with E-state index in [1.165, 1.54) is 0 Å². The van der Waals surface area contributed by atoms with E-state index in [1.807, 2.05) is 4.90 Å². The van der Waals surface area contributed by atoms with Gasteiger partial charge < -0.3 is 14.3 Å². The van der Waals surface area contributed by atoms with Crippen LogP contribution in [0.2, 0.25) is 0 Å². The van der Waals surface area contributed by atoms with Crippen LogP contribution < -0.4 is 0 Å². The molecule has 0 unspecified atom stereocenters. The largest absolute Gasteiger partial charge is 0.336 e. The highest BCUT2D eigenvalue weighted by atomic mass is 16.2. The maximum Gasteiger partial charge on any atom is 0.219 e. The number of hydrogen-bond acceptors (Lipinski definition) is 2. The fraction of sp³-hybridized carbons (Fsp3) is 0.917. The molecule has 0 rings (SSSR count). The first-order chi connectivity index (χ1) is 7.26. The minimum atomic E-state index is 0.179. The van der Waals surface area contributed by atoms with Crippen molar-refractivity contribution in [3.8, 4) is 0 Å². The molecule has 0 saturated heterocycles. The second-order valence-electron chi connectivity index (χ2n) is 5.42. The molecule has 0 aliphatic heterocycles. The van der Waals surface area contributed by atoms with Crippen LogP contribution in [0.4, 0.5) is 0 Å². The van der Waals surface area contributed by atoms with E-state index in [9.17, 15) is 4.79 Å². The number of likely N-dealkylation sites (N-methyl/N-ethyl adjacent to an activating group) is 2. The molecule has 96 valence electrons. The van der Waals surface area contributed by atoms with Crippen molar-refractivity contribution in [3.05, 3.63) is 0 Å². The number of amides is 1. The molecule has 0 bridgehead atoms. The Bertz CT molecular complexity index is 211. The van der Waals surface area contributed by atoms with Crippen LogP contribution in [0.5, 0.6) is 0 Å². The Morgan fingerprint density at radius 3 is 2.06 bits per heavy atom. The molecule has 0 radical (unpaired) electrons. The summed E-state index contributed by atoms with van der Waals surface area (Å²) in [5.41, 5.74) is 0. The van der Waals surface area contributed by atoms with Crippen molar-refractivity contribution in [1.82, 2.24) is 9.80 Å². The van der Waals surface area contributed by atoms with E-state index in [1.54, 1.807) is 6.92 Å². The molecule has 0 saturated carbocycles. The van der Waals surface area contributed by atoms with Gasteiger partial charge in [0, 0.05) is 20.0 Å². The van der Waals surface area contributed by atoms with Gasteiger partial charge in [0.15, 0.2) is 0 Å². The molecule has 0 fully saturated rings. The normalized spacial score (nSPS) is 11.9. The minimum absolute atomic E-state index is 0.179. The van der Waals surface area contributed by atoms with Crippen molar-refractivity contribution < 1.29 is 9.28 Å². The van der Waals surface area contributed by atoms with E-state index in [0.717, 1.165) is 37.2 Å². The predicted octanol–water partition coefficient (Wildman–Crippen LogP) is 0.493. The smallest absolute Gasteiger partial charge is 0.219 e. The number of nitrogens with zero attached hydrogens (tertiary/aromatic N) is 3. The molecule has 0 aromatic heterocycles. The summed E-state index contributed by atoms with van der Waals surface area (Å²) in [6, 6.07) is 0. The first kappa shape index (κ1) is 15.4. The molecule has 0 aromatic rings. The molecule has 0 heterocycles. The third kappa shape index (κ3) is 7.65. The van der Waals surface area contributed by atoms with E-state index in [-0.39, 0.29) is 5.91 Å². The van der Waals surface area contributed by atoms with Gasteiger partial charge in [-0.2, -0.15) is 0 Å². The standard InChI is InChI=1S/C12H28N3O/c1-7-13(3)8-9-14(12(2)16)10-11-15(4,5)6/h7-11H2,1-6H3/q+1. The third-order valence-corrected chi connectivity index (χ3v) is 2.78. The fourth-order valence-electron chi connectivity index (χ4n) is 1.30. The molecule has 0 N–H and O–H groups in total. The predicted molar refractivity (Wildman–Crippen MR) is 68.3 cm³/mol. The van der Waals surface area contributed by atoms with Gasteiger partial charge in [-0.15, -0.1) is 0 Å². The van der Waals surface area contributed by atoms with Crippen LogP contribution in [-0.2, 0) is 4.79 Å². The van der Waals surface area contributed by atoms with Gasteiger partial charge in [-0.05, 0) is 13.6 Å². The van der Waals surface area contributed by atoms with Gasteiger partial charge in [0.1, 0.15) is 0 Å². The van der Waals surface area contributed by atoms with Crippen molar-refractivity contribution in [2.75, 3.05) is 60.9 Å². The first-order valence-electron chi connectivity index (χ1n) is 6.00. The number of quaternary nitrogens is 1. The maximum absolute atomic E-state index is 11.5. The van der Waals surface area contributed by atoms with E-state index in [2.05, 4.69) is 40.0 Å². The van der Waals surface area contributed by atoms with Gasteiger partial charge in [-0.3, -0.25) is 4.79 Å². The van der Waals surface area contributed by atoms with Crippen LogP contribution in [0.3, 0.4) is 0 Å². The molecule has 0 aliphatic rings.